The molecular formula is CH8MgN3O4P. The number of nitrogens with two attached hydrogens (primary N) is 2. The molecule has 6 N–H and O–H groups in total. The Kier molecular flexibility index (Phi) is 6.00. The summed E-state index contributed by atoms with van der Waals surface area (Å²) in [7, 11) is -4.57. The number of phosphoric acid groups is 1. The molecule has 0 heterocycles. The van der Waals surface area contributed by atoms with Gasteiger partial charge in [-0.05, 0) is 5.16 Å². The largest absolute Gasteiger partial charge is 2.00 e. The smallest absolute Gasteiger partial charge is 1.00 e. The van der Waals surface area contributed by atoms with Gasteiger partial charge in [0.25, 0.3) is 0 Å². The normalized spacial score (nSPS) is 9.40. The molecule has 0 aromatic heterocycles. The summed E-state index contributed by atoms with van der Waals surface area (Å²) in [4.78, 5) is 15.9. The number of rotatable bonds is 2. The van der Waals surface area contributed by atoms with Crippen LogP contribution in [0.5, 0.6) is 0 Å². The van der Waals surface area contributed by atoms with Crippen molar-refractivity contribution in [3.05, 3.63) is 0 Å². The van der Waals surface area contributed by atoms with Crippen molar-refractivity contribution in [3.8, 4) is 0 Å². The summed E-state index contributed by atoms with van der Waals surface area (Å²) in [5.74, 6) is -0.543. The molecule has 0 rings (SSSR count). The van der Waals surface area contributed by atoms with E-state index in [-0.39, 0.29) is 25.9 Å². The second-order valence-electron chi connectivity index (χ2n) is 1.09. The second-order valence-corrected chi connectivity index (χ2v) is 2.23. The minimum absolute atomic E-state index is 0. The van der Waals surface area contributed by atoms with Crippen LogP contribution in [0.3, 0.4) is 0 Å². The summed E-state index contributed by atoms with van der Waals surface area (Å²) in [5.41, 5.74) is 9.32. The SMILES string of the molecule is NC(N)=NOP(=O)(O)O.[H-].[H-].[Mg+2]. The van der Waals surface area contributed by atoms with Gasteiger partial charge in [-0.3, -0.25) is 14.4 Å². The van der Waals surface area contributed by atoms with Gasteiger partial charge in [-0.15, -0.1) is 0 Å². The Morgan fingerprint density at radius 3 is 2.10 bits per heavy atom. The third-order valence-electron chi connectivity index (χ3n) is 0.253. The quantitative estimate of drug-likeness (QED) is 0.130. The molecule has 0 radical (unpaired) electrons. The van der Waals surface area contributed by atoms with Gasteiger partial charge in [0.15, 0.2) is 0 Å². The standard InChI is InChI=1S/CH6N3O4P.Mg.2H/c2-1(3)4-8-9(5,6)7;;;/h(H4,2,3,4)(H2,5,6,7);;;/q;+2;2*-1. The molecule has 0 aliphatic carbocycles. The number of oxime groups is 1. The van der Waals surface area contributed by atoms with E-state index in [1.165, 1.54) is 0 Å². The zero-order valence-electron chi connectivity index (χ0n) is 6.97. The average Bonchev–Trinajstić information content (AvgIpc) is 1.59. The van der Waals surface area contributed by atoms with Crippen LogP contribution in [0.4, 0.5) is 0 Å². The second kappa shape index (κ2) is 4.75. The molecule has 0 spiro atoms. The maximum atomic E-state index is 9.79. The molecule has 0 fully saturated rings. The molecule has 0 bridgehead atoms. The Morgan fingerprint density at radius 2 is 2.00 bits per heavy atom. The molecule has 10 heavy (non-hydrogen) atoms. The van der Waals surface area contributed by atoms with Crippen molar-refractivity contribution >= 4 is 36.8 Å². The Bertz CT molecular complexity index is 168. The summed E-state index contributed by atoms with van der Waals surface area (Å²) in [6.07, 6.45) is 0. The summed E-state index contributed by atoms with van der Waals surface area (Å²) in [6.45, 7) is 0. The molecule has 0 aliphatic rings. The molecule has 7 nitrogen and oxygen atoms in total. The van der Waals surface area contributed by atoms with Gasteiger partial charge in [-0.2, -0.15) is 0 Å². The van der Waals surface area contributed by atoms with E-state index >= 15 is 0 Å². The third kappa shape index (κ3) is 10.9. The minimum Gasteiger partial charge on any atom is -1.00 e. The molecule has 0 saturated carbocycles. The molecule has 9 heteroatoms. The van der Waals surface area contributed by atoms with Crippen LogP contribution in [0, 0.1) is 0 Å². The van der Waals surface area contributed by atoms with Crippen LogP contribution in [0.25, 0.3) is 0 Å². The monoisotopic (exact) mass is 181 g/mol. The average molecular weight is 181 g/mol. The van der Waals surface area contributed by atoms with Crippen molar-refractivity contribution in [2.45, 2.75) is 0 Å². The Hall–Kier alpha value is -0.0138. The summed E-state index contributed by atoms with van der Waals surface area (Å²) < 4.78 is 13.3. The van der Waals surface area contributed by atoms with Crippen LogP contribution < -0.4 is 11.5 Å². The van der Waals surface area contributed by atoms with Gasteiger partial charge in [0.2, 0.25) is 5.96 Å². The van der Waals surface area contributed by atoms with E-state index < -0.39 is 13.8 Å². The van der Waals surface area contributed by atoms with E-state index in [2.05, 4.69) is 21.2 Å². The van der Waals surface area contributed by atoms with Crippen LogP contribution in [0.15, 0.2) is 5.16 Å². The van der Waals surface area contributed by atoms with E-state index in [4.69, 9.17) is 9.79 Å². The van der Waals surface area contributed by atoms with Crippen molar-refractivity contribution in [1.82, 2.24) is 0 Å². The summed E-state index contributed by atoms with van der Waals surface area (Å²) in [5, 5.41) is 2.60. The van der Waals surface area contributed by atoms with Gasteiger partial charge in [0.1, 0.15) is 0 Å². The van der Waals surface area contributed by atoms with Gasteiger partial charge < -0.3 is 14.3 Å². The number of hydrogen-bond donors (Lipinski definition) is 4. The maximum absolute atomic E-state index is 9.79. The maximum Gasteiger partial charge on any atom is 2.00 e. The first-order valence-electron chi connectivity index (χ1n) is 1.75. The fourth-order valence-electron chi connectivity index (χ4n) is 0.100. The van der Waals surface area contributed by atoms with Crippen LogP contribution in [0.2, 0.25) is 0 Å². The van der Waals surface area contributed by atoms with Gasteiger partial charge >= 0.3 is 30.9 Å². The zero-order valence-corrected chi connectivity index (χ0v) is 7.28. The van der Waals surface area contributed by atoms with Crippen LogP contribution in [-0.4, -0.2) is 38.8 Å². The topological polar surface area (TPSA) is 131 Å². The Balaban J connectivity index is -0.000000107. The van der Waals surface area contributed by atoms with Gasteiger partial charge in [-0.1, -0.05) is 0 Å². The first kappa shape index (κ1) is 12.6. The molecule has 0 unspecified atom stereocenters. The van der Waals surface area contributed by atoms with E-state index in [1.54, 1.807) is 0 Å². The van der Waals surface area contributed by atoms with Gasteiger partial charge in [0, 0.05) is 0 Å². The molecule has 0 atom stereocenters. The molecule has 0 aliphatic heterocycles. The van der Waals surface area contributed by atoms with E-state index in [9.17, 15) is 4.57 Å². The van der Waals surface area contributed by atoms with Crippen molar-refractivity contribution < 1.29 is 21.8 Å². The Morgan fingerprint density at radius 1 is 1.60 bits per heavy atom. The molecule has 0 aromatic carbocycles. The molecule has 0 amide bonds. The fraction of sp³-hybridized carbons (Fsp3) is 0. The fourth-order valence-corrected chi connectivity index (χ4v) is 0.301. The van der Waals surface area contributed by atoms with Crippen molar-refractivity contribution in [2.75, 3.05) is 0 Å². The van der Waals surface area contributed by atoms with Crippen LogP contribution in [-0.2, 0) is 9.19 Å². The Labute approximate surface area is 75.8 Å². The predicted octanol–water partition coefficient (Wildman–Crippen LogP) is -1.87. The van der Waals surface area contributed by atoms with E-state index in [0.29, 0.717) is 0 Å². The first-order chi connectivity index (χ1) is 3.92. The number of guanidine groups is 1. The van der Waals surface area contributed by atoms with Crippen LogP contribution >= 0.6 is 7.82 Å². The van der Waals surface area contributed by atoms with E-state index in [1.807, 2.05) is 0 Å². The molecule has 0 saturated heterocycles. The minimum atomic E-state index is -4.57. The van der Waals surface area contributed by atoms with Crippen molar-refractivity contribution in [3.63, 3.8) is 0 Å². The third-order valence-corrected chi connectivity index (χ3v) is 0.547. The van der Waals surface area contributed by atoms with Gasteiger partial charge in [0.05, 0.1) is 0 Å². The predicted molar refractivity (Wildman–Crippen MR) is 36.9 cm³/mol. The van der Waals surface area contributed by atoms with Gasteiger partial charge in [-0.25, -0.2) is 4.57 Å². The molecule has 58 valence electrons. The molecular weight excluding hydrogens is 173 g/mol. The first-order valence-corrected chi connectivity index (χ1v) is 3.28. The summed E-state index contributed by atoms with van der Waals surface area (Å²) >= 11 is 0. The van der Waals surface area contributed by atoms with Crippen molar-refractivity contribution in [2.24, 2.45) is 16.6 Å². The van der Waals surface area contributed by atoms with E-state index in [0.717, 1.165) is 0 Å². The summed E-state index contributed by atoms with van der Waals surface area (Å²) in [6, 6.07) is 0. The number of nitrogens with zero attached hydrogens (tertiary/aromatic N) is 1. The van der Waals surface area contributed by atoms with Crippen molar-refractivity contribution in [1.29, 1.82) is 0 Å². The zero-order chi connectivity index (χ0) is 7.49. The van der Waals surface area contributed by atoms with Crippen LogP contribution in [0.1, 0.15) is 2.85 Å². The molecule has 0 aromatic rings. The number of hydrogen-bond acceptors (Lipinski definition) is 3.